The molecule has 4 nitrogen and oxygen atoms in total. The van der Waals surface area contributed by atoms with Crippen LogP contribution in [0.3, 0.4) is 0 Å². The van der Waals surface area contributed by atoms with Crippen molar-refractivity contribution in [2.24, 2.45) is 5.92 Å². The van der Waals surface area contributed by atoms with Gasteiger partial charge in [-0.2, -0.15) is 0 Å². The van der Waals surface area contributed by atoms with Crippen molar-refractivity contribution >= 4 is 40.7 Å². The second-order valence-corrected chi connectivity index (χ2v) is 10.4. The minimum absolute atomic E-state index is 0.00220. The Morgan fingerprint density at radius 2 is 1.97 bits per heavy atom. The van der Waals surface area contributed by atoms with E-state index in [9.17, 15) is 9.59 Å². The molecule has 2 atom stereocenters. The number of nitrogens with one attached hydrogen (secondary N) is 2. The molecular formula is C27H30Cl2N2O2. The minimum atomic E-state index is -0.747. The molecule has 0 radical (unpaired) electrons. The van der Waals surface area contributed by atoms with Crippen molar-refractivity contribution in [3.05, 3.63) is 75.3 Å². The van der Waals surface area contributed by atoms with Gasteiger partial charge in [0.2, 0.25) is 11.8 Å². The summed E-state index contributed by atoms with van der Waals surface area (Å²) in [5.74, 6) is 0.0842. The molecule has 2 aromatic rings. The molecule has 2 aliphatic rings. The van der Waals surface area contributed by atoms with Gasteiger partial charge in [0.05, 0.1) is 5.41 Å². The zero-order chi connectivity index (χ0) is 23.6. The van der Waals surface area contributed by atoms with Gasteiger partial charge in [-0.05, 0) is 87.3 Å². The summed E-state index contributed by atoms with van der Waals surface area (Å²) in [5, 5.41) is 7.35. The molecular weight excluding hydrogens is 455 g/mol. The zero-order valence-corrected chi connectivity index (χ0v) is 20.6. The van der Waals surface area contributed by atoms with Crippen LogP contribution < -0.4 is 10.6 Å². The number of hydrogen-bond acceptors (Lipinski definition) is 2. The lowest BCUT2D eigenvalue weighted by Gasteiger charge is -2.36. The fraction of sp³-hybridized carbons (Fsp3) is 0.407. The predicted octanol–water partition coefficient (Wildman–Crippen LogP) is 6.46. The SMILES string of the molecule is CC(C)NC(=O)CC1=CCCCC(C2(Cc3cccc(Cl)c3)C(=O)Nc3cc(Cl)ccc32)C1. The number of anilines is 1. The maximum Gasteiger partial charge on any atom is 0.235 e. The van der Waals surface area contributed by atoms with E-state index in [2.05, 4.69) is 16.7 Å². The Balaban J connectivity index is 1.73. The van der Waals surface area contributed by atoms with Gasteiger partial charge in [0.15, 0.2) is 0 Å². The summed E-state index contributed by atoms with van der Waals surface area (Å²) in [6.07, 6.45) is 6.63. The predicted molar refractivity (Wildman–Crippen MR) is 135 cm³/mol. The zero-order valence-electron chi connectivity index (χ0n) is 19.1. The highest BCUT2D eigenvalue weighted by Crippen LogP contribution is 2.50. The number of fused-ring (bicyclic) bond motifs is 1. The monoisotopic (exact) mass is 484 g/mol. The Bertz CT molecular complexity index is 1100. The molecule has 2 unspecified atom stereocenters. The Morgan fingerprint density at radius 1 is 1.18 bits per heavy atom. The molecule has 1 aliphatic heterocycles. The van der Waals surface area contributed by atoms with E-state index < -0.39 is 5.41 Å². The van der Waals surface area contributed by atoms with E-state index in [-0.39, 0.29) is 23.8 Å². The van der Waals surface area contributed by atoms with Gasteiger partial charge < -0.3 is 10.6 Å². The van der Waals surface area contributed by atoms with Crippen LogP contribution in [0.4, 0.5) is 5.69 Å². The first-order chi connectivity index (χ1) is 15.8. The molecule has 6 heteroatoms. The van der Waals surface area contributed by atoms with E-state index in [0.29, 0.717) is 29.3 Å². The third-order valence-corrected chi connectivity index (χ3v) is 7.19. The first-order valence-corrected chi connectivity index (χ1v) is 12.4. The van der Waals surface area contributed by atoms with Gasteiger partial charge in [0.1, 0.15) is 0 Å². The molecule has 2 aromatic carbocycles. The lowest BCUT2D eigenvalue weighted by molar-refractivity contribution is -0.123. The van der Waals surface area contributed by atoms with Crippen molar-refractivity contribution in [3.63, 3.8) is 0 Å². The maximum atomic E-state index is 13.8. The van der Waals surface area contributed by atoms with E-state index in [1.54, 1.807) is 0 Å². The molecule has 4 rings (SSSR count). The summed E-state index contributed by atoms with van der Waals surface area (Å²) in [5.41, 5.74) is 3.14. The summed E-state index contributed by atoms with van der Waals surface area (Å²) in [4.78, 5) is 26.3. The lowest BCUT2D eigenvalue weighted by Crippen LogP contribution is -2.44. The largest absolute Gasteiger partial charge is 0.354 e. The number of hydrogen-bond donors (Lipinski definition) is 2. The number of carbonyl (C=O) groups is 2. The van der Waals surface area contributed by atoms with Crippen molar-refractivity contribution in [3.8, 4) is 0 Å². The van der Waals surface area contributed by atoms with Gasteiger partial charge in [-0.3, -0.25) is 9.59 Å². The first kappa shape index (κ1) is 23.8. The normalized spacial score (nSPS) is 22.4. The number of amides is 2. The van der Waals surface area contributed by atoms with Crippen LogP contribution in [0.1, 0.15) is 57.1 Å². The Hall–Kier alpha value is -2.30. The molecule has 0 bridgehead atoms. The van der Waals surface area contributed by atoms with E-state index >= 15 is 0 Å². The number of carbonyl (C=O) groups excluding carboxylic acids is 2. The molecule has 0 saturated heterocycles. The number of rotatable bonds is 6. The Morgan fingerprint density at radius 3 is 2.73 bits per heavy atom. The maximum absolute atomic E-state index is 13.8. The van der Waals surface area contributed by atoms with Crippen LogP contribution in [0.25, 0.3) is 0 Å². The van der Waals surface area contributed by atoms with Crippen LogP contribution in [0.15, 0.2) is 54.1 Å². The molecule has 0 aromatic heterocycles. The fourth-order valence-corrected chi connectivity index (χ4v) is 5.76. The molecule has 0 fully saturated rings. The van der Waals surface area contributed by atoms with Gasteiger partial charge in [0.25, 0.3) is 0 Å². The van der Waals surface area contributed by atoms with Gasteiger partial charge >= 0.3 is 0 Å². The minimum Gasteiger partial charge on any atom is -0.354 e. The van der Waals surface area contributed by atoms with Crippen molar-refractivity contribution in [1.82, 2.24) is 5.32 Å². The number of benzene rings is 2. The molecule has 174 valence electrons. The fourth-order valence-electron chi connectivity index (χ4n) is 5.38. The van der Waals surface area contributed by atoms with Gasteiger partial charge in [-0.1, -0.05) is 53.1 Å². The Labute approximate surface area is 205 Å². The van der Waals surface area contributed by atoms with Crippen LogP contribution in [-0.2, 0) is 21.4 Å². The van der Waals surface area contributed by atoms with E-state index in [1.807, 2.05) is 56.3 Å². The average Bonchev–Trinajstić information content (AvgIpc) is 2.87. The summed E-state index contributed by atoms with van der Waals surface area (Å²) in [6, 6.07) is 13.5. The van der Waals surface area contributed by atoms with Gasteiger partial charge in [0, 0.05) is 28.2 Å². The molecule has 1 heterocycles. The summed E-state index contributed by atoms with van der Waals surface area (Å²) in [7, 11) is 0. The van der Waals surface area contributed by atoms with Gasteiger partial charge in [-0.25, -0.2) is 0 Å². The molecule has 0 spiro atoms. The summed E-state index contributed by atoms with van der Waals surface area (Å²) >= 11 is 12.6. The van der Waals surface area contributed by atoms with Crippen LogP contribution >= 0.6 is 23.2 Å². The van der Waals surface area contributed by atoms with Gasteiger partial charge in [-0.15, -0.1) is 0 Å². The highest BCUT2D eigenvalue weighted by atomic mass is 35.5. The van der Waals surface area contributed by atoms with E-state index in [1.165, 1.54) is 0 Å². The number of allylic oxidation sites excluding steroid dienone is 1. The summed E-state index contributed by atoms with van der Waals surface area (Å²) in [6.45, 7) is 3.93. The smallest absolute Gasteiger partial charge is 0.235 e. The first-order valence-electron chi connectivity index (χ1n) is 11.6. The van der Waals surface area contributed by atoms with Crippen molar-refractivity contribution < 1.29 is 9.59 Å². The molecule has 1 aliphatic carbocycles. The van der Waals surface area contributed by atoms with Crippen LogP contribution in [-0.4, -0.2) is 17.9 Å². The van der Waals surface area contributed by atoms with Crippen LogP contribution in [0, 0.1) is 5.92 Å². The van der Waals surface area contributed by atoms with Crippen molar-refractivity contribution in [2.75, 3.05) is 5.32 Å². The summed E-state index contributed by atoms with van der Waals surface area (Å²) < 4.78 is 0. The third kappa shape index (κ3) is 5.12. The quantitative estimate of drug-likeness (QED) is 0.462. The van der Waals surface area contributed by atoms with E-state index in [4.69, 9.17) is 23.2 Å². The lowest BCUT2D eigenvalue weighted by atomic mass is 9.64. The van der Waals surface area contributed by atoms with Crippen LogP contribution in [0.5, 0.6) is 0 Å². The highest BCUT2D eigenvalue weighted by molar-refractivity contribution is 6.31. The topological polar surface area (TPSA) is 58.2 Å². The van der Waals surface area contributed by atoms with Crippen molar-refractivity contribution in [1.29, 1.82) is 0 Å². The average molecular weight is 485 g/mol. The second-order valence-electron chi connectivity index (χ2n) is 9.52. The number of halogens is 2. The third-order valence-electron chi connectivity index (χ3n) is 6.72. The molecule has 2 N–H and O–H groups in total. The second kappa shape index (κ2) is 9.90. The van der Waals surface area contributed by atoms with Crippen LogP contribution in [0.2, 0.25) is 10.0 Å². The molecule has 33 heavy (non-hydrogen) atoms. The molecule has 0 saturated carbocycles. The van der Waals surface area contributed by atoms with E-state index in [0.717, 1.165) is 41.6 Å². The highest BCUT2D eigenvalue weighted by Gasteiger charge is 2.52. The van der Waals surface area contributed by atoms with Crippen molar-refractivity contribution in [2.45, 2.75) is 63.8 Å². The molecule has 2 amide bonds. The Kier molecular flexibility index (Phi) is 7.16. The standard InChI is InChI=1S/C27H30Cl2N2O2/c1-17(2)30-25(32)14-18-6-3-4-8-20(12-18)27(16-19-7-5-9-21(28)13-19)23-11-10-22(29)15-24(23)31-26(27)33/h5-7,9-11,13,15,17,20H,3-4,8,12,14,16H2,1-2H3,(H,30,32)(H,31,33).